The Morgan fingerprint density at radius 3 is 2.71 bits per heavy atom. The van der Waals surface area contributed by atoms with Gasteiger partial charge in [-0.1, -0.05) is 12.1 Å². The molecule has 0 bridgehead atoms. The van der Waals surface area contributed by atoms with Gasteiger partial charge in [0.15, 0.2) is 6.61 Å². The molecule has 0 fully saturated rings. The Morgan fingerprint density at radius 1 is 1.21 bits per heavy atom. The second-order valence-electron chi connectivity index (χ2n) is 4.87. The van der Waals surface area contributed by atoms with Gasteiger partial charge in [-0.2, -0.15) is 0 Å². The number of para-hydroxylation sites is 2. The number of esters is 1. The predicted octanol–water partition coefficient (Wildman–Crippen LogP) is 3.18. The van der Waals surface area contributed by atoms with Gasteiger partial charge in [0.1, 0.15) is 17.3 Å². The minimum atomic E-state index is -0.628. The molecule has 0 saturated heterocycles. The molecule has 1 N–H and O–H groups in total. The molecule has 0 spiro atoms. The number of furan rings is 1. The van der Waals surface area contributed by atoms with E-state index in [4.69, 9.17) is 13.9 Å². The lowest BCUT2D eigenvalue weighted by Crippen LogP contribution is -2.20. The van der Waals surface area contributed by atoms with Crippen LogP contribution in [-0.2, 0) is 14.3 Å². The Labute approximate surface area is 140 Å². The van der Waals surface area contributed by atoms with E-state index < -0.39 is 11.9 Å². The van der Waals surface area contributed by atoms with Crippen molar-refractivity contribution in [3.8, 4) is 5.75 Å². The van der Waals surface area contributed by atoms with Crippen molar-refractivity contribution in [3.05, 3.63) is 54.0 Å². The van der Waals surface area contributed by atoms with E-state index in [1.54, 1.807) is 37.3 Å². The van der Waals surface area contributed by atoms with Gasteiger partial charge in [-0.3, -0.25) is 4.79 Å². The molecule has 0 aliphatic heterocycles. The van der Waals surface area contributed by atoms with Gasteiger partial charge in [-0.05, 0) is 44.2 Å². The van der Waals surface area contributed by atoms with E-state index in [0.717, 1.165) is 5.76 Å². The quantitative estimate of drug-likeness (QED) is 0.623. The van der Waals surface area contributed by atoms with Crippen LogP contribution in [-0.4, -0.2) is 25.1 Å². The summed E-state index contributed by atoms with van der Waals surface area (Å²) in [5, 5.41) is 2.64. The molecule has 2 rings (SSSR count). The van der Waals surface area contributed by atoms with E-state index in [2.05, 4.69) is 5.32 Å². The molecule has 24 heavy (non-hydrogen) atoms. The van der Waals surface area contributed by atoms with E-state index >= 15 is 0 Å². The number of ether oxygens (including phenoxy) is 2. The molecule has 0 radical (unpaired) electrons. The number of amides is 1. The van der Waals surface area contributed by atoms with Gasteiger partial charge < -0.3 is 19.2 Å². The molecule has 2 aromatic rings. The second-order valence-corrected chi connectivity index (χ2v) is 4.87. The monoisotopic (exact) mass is 329 g/mol. The zero-order valence-electron chi connectivity index (χ0n) is 13.6. The van der Waals surface area contributed by atoms with Crippen molar-refractivity contribution < 1.29 is 23.5 Å². The summed E-state index contributed by atoms with van der Waals surface area (Å²) < 4.78 is 15.6. The standard InChI is InChI=1S/C18H19NO5/c1-3-22-16-7-5-4-6-15(16)19-17(20)12-23-18(21)11-10-14-9-8-13(2)24-14/h4-11H,3,12H2,1-2H3,(H,19,20)/b11-10+. The van der Waals surface area contributed by atoms with Gasteiger partial charge in [0.25, 0.3) is 5.91 Å². The number of hydrogen-bond donors (Lipinski definition) is 1. The third-order valence-corrected chi connectivity index (χ3v) is 2.95. The summed E-state index contributed by atoms with van der Waals surface area (Å²) in [4.78, 5) is 23.5. The fourth-order valence-corrected chi connectivity index (χ4v) is 1.92. The minimum Gasteiger partial charge on any atom is -0.492 e. The fourth-order valence-electron chi connectivity index (χ4n) is 1.92. The van der Waals surface area contributed by atoms with Crippen LogP contribution in [0.5, 0.6) is 5.75 Å². The molecule has 0 saturated carbocycles. The molecule has 1 aromatic carbocycles. The van der Waals surface area contributed by atoms with Crippen molar-refractivity contribution in [1.82, 2.24) is 0 Å². The average molecular weight is 329 g/mol. The topological polar surface area (TPSA) is 77.8 Å². The summed E-state index contributed by atoms with van der Waals surface area (Å²) in [6.45, 7) is 3.76. The zero-order chi connectivity index (χ0) is 17.4. The number of aryl methyl sites for hydroxylation is 1. The third kappa shape index (κ3) is 5.31. The average Bonchev–Trinajstić information content (AvgIpc) is 2.98. The van der Waals surface area contributed by atoms with E-state index in [9.17, 15) is 9.59 Å². The van der Waals surface area contributed by atoms with Crippen LogP contribution in [0.3, 0.4) is 0 Å². The highest BCUT2D eigenvalue weighted by atomic mass is 16.5. The lowest BCUT2D eigenvalue weighted by molar-refractivity contribution is -0.142. The maximum absolute atomic E-state index is 11.9. The molecule has 0 atom stereocenters. The van der Waals surface area contributed by atoms with Crippen LogP contribution >= 0.6 is 0 Å². The number of carbonyl (C=O) groups is 2. The van der Waals surface area contributed by atoms with Crippen molar-refractivity contribution in [2.24, 2.45) is 0 Å². The molecule has 0 aliphatic carbocycles. The smallest absolute Gasteiger partial charge is 0.331 e. The van der Waals surface area contributed by atoms with Crippen molar-refractivity contribution in [2.45, 2.75) is 13.8 Å². The maximum Gasteiger partial charge on any atom is 0.331 e. The summed E-state index contributed by atoms with van der Waals surface area (Å²) in [5.74, 6) is 0.776. The number of rotatable bonds is 7. The van der Waals surface area contributed by atoms with Crippen LogP contribution < -0.4 is 10.1 Å². The van der Waals surface area contributed by atoms with Gasteiger partial charge in [0.2, 0.25) is 0 Å². The normalized spacial score (nSPS) is 10.6. The Morgan fingerprint density at radius 2 is 2.00 bits per heavy atom. The minimum absolute atomic E-state index is 0.388. The van der Waals surface area contributed by atoms with Crippen molar-refractivity contribution >= 4 is 23.6 Å². The van der Waals surface area contributed by atoms with Crippen molar-refractivity contribution in [2.75, 3.05) is 18.5 Å². The van der Waals surface area contributed by atoms with Crippen LogP contribution in [0.1, 0.15) is 18.4 Å². The Bertz CT molecular complexity index is 733. The van der Waals surface area contributed by atoms with Crippen LogP contribution in [0.15, 0.2) is 46.9 Å². The zero-order valence-corrected chi connectivity index (χ0v) is 13.6. The summed E-state index contributed by atoms with van der Waals surface area (Å²) in [5.41, 5.74) is 0.530. The molecule has 6 heteroatoms. The van der Waals surface area contributed by atoms with Gasteiger partial charge >= 0.3 is 5.97 Å². The lowest BCUT2D eigenvalue weighted by atomic mass is 10.3. The highest BCUT2D eigenvalue weighted by Crippen LogP contribution is 2.23. The number of benzene rings is 1. The van der Waals surface area contributed by atoms with Gasteiger partial charge in [-0.15, -0.1) is 0 Å². The third-order valence-electron chi connectivity index (χ3n) is 2.95. The van der Waals surface area contributed by atoms with Crippen molar-refractivity contribution in [3.63, 3.8) is 0 Å². The number of carbonyl (C=O) groups excluding carboxylic acids is 2. The largest absolute Gasteiger partial charge is 0.492 e. The first-order valence-electron chi connectivity index (χ1n) is 7.51. The molecule has 6 nitrogen and oxygen atoms in total. The Hall–Kier alpha value is -3.02. The Kier molecular flexibility index (Phi) is 6.19. The summed E-state index contributed by atoms with van der Waals surface area (Å²) >= 11 is 0. The number of hydrogen-bond acceptors (Lipinski definition) is 5. The first-order valence-corrected chi connectivity index (χ1v) is 7.51. The van der Waals surface area contributed by atoms with Crippen molar-refractivity contribution in [1.29, 1.82) is 0 Å². The van der Waals surface area contributed by atoms with Crippen LogP contribution in [0, 0.1) is 6.92 Å². The SMILES string of the molecule is CCOc1ccccc1NC(=O)COC(=O)/C=C/c1ccc(C)o1. The Balaban J connectivity index is 1.82. The fraction of sp³-hybridized carbons (Fsp3) is 0.222. The molecule has 126 valence electrons. The number of nitrogens with one attached hydrogen (secondary N) is 1. The number of anilines is 1. The molecular weight excluding hydrogens is 310 g/mol. The van der Waals surface area contributed by atoms with Gasteiger partial charge in [0, 0.05) is 6.08 Å². The molecular formula is C18H19NO5. The lowest BCUT2D eigenvalue weighted by Gasteiger charge is -2.11. The predicted molar refractivity (Wildman–Crippen MR) is 89.7 cm³/mol. The van der Waals surface area contributed by atoms with Gasteiger partial charge in [0.05, 0.1) is 12.3 Å². The molecule has 1 amide bonds. The highest BCUT2D eigenvalue weighted by molar-refractivity contribution is 5.95. The van der Waals surface area contributed by atoms with Crippen LogP contribution in [0.2, 0.25) is 0 Å². The maximum atomic E-state index is 11.9. The molecule has 0 aliphatic rings. The molecule has 1 heterocycles. The first-order chi connectivity index (χ1) is 11.6. The second kappa shape index (κ2) is 8.57. The van der Waals surface area contributed by atoms with E-state index in [1.165, 1.54) is 12.2 Å². The summed E-state index contributed by atoms with van der Waals surface area (Å²) in [6.07, 6.45) is 2.69. The van der Waals surface area contributed by atoms with E-state index in [1.807, 2.05) is 13.0 Å². The van der Waals surface area contributed by atoms with E-state index in [-0.39, 0.29) is 6.61 Å². The van der Waals surface area contributed by atoms with Crippen LogP contribution in [0.4, 0.5) is 5.69 Å². The van der Waals surface area contributed by atoms with Crippen LogP contribution in [0.25, 0.3) is 6.08 Å². The summed E-state index contributed by atoms with van der Waals surface area (Å²) in [6, 6.07) is 10.6. The first kappa shape index (κ1) is 17.3. The van der Waals surface area contributed by atoms with Gasteiger partial charge in [-0.25, -0.2) is 4.79 Å². The highest BCUT2D eigenvalue weighted by Gasteiger charge is 2.09. The summed E-state index contributed by atoms with van der Waals surface area (Å²) in [7, 11) is 0. The molecule has 0 unspecified atom stereocenters. The molecule has 1 aromatic heterocycles. The van der Waals surface area contributed by atoms with E-state index in [0.29, 0.717) is 23.8 Å².